The summed E-state index contributed by atoms with van der Waals surface area (Å²) in [6, 6.07) is 2.11. The summed E-state index contributed by atoms with van der Waals surface area (Å²) in [7, 11) is 0. The van der Waals surface area contributed by atoms with Gasteiger partial charge < -0.3 is 5.11 Å². The van der Waals surface area contributed by atoms with E-state index in [9.17, 15) is 9.90 Å². The Hall–Kier alpha value is -0.830. The molecule has 3 atom stereocenters. The van der Waals surface area contributed by atoms with E-state index in [0.29, 0.717) is 11.8 Å². The molecular formula is C13H18O2S. The zero-order valence-electron chi connectivity index (χ0n) is 9.56. The van der Waals surface area contributed by atoms with Crippen molar-refractivity contribution in [3.05, 3.63) is 22.4 Å². The molecular weight excluding hydrogens is 220 g/mol. The van der Waals surface area contributed by atoms with Gasteiger partial charge in [-0.2, -0.15) is 11.3 Å². The monoisotopic (exact) mass is 238 g/mol. The molecule has 0 amide bonds. The van der Waals surface area contributed by atoms with Crippen LogP contribution in [0.15, 0.2) is 16.8 Å². The lowest BCUT2D eigenvalue weighted by Crippen LogP contribution is -2.31. The normalized spacial score (nSPS) is 30.2. The van der Waals surface area contributed by atoms with Crippen LogP contribution in [-0.4, -0.2) is 11.1 Å². The van der Waals surface area contributed by atoms with Gasteiger partial charge in [-0.1, -0.05) is 6.92 Å². The number of thiophene rings is 1. The van der Waals surface area contributed by atoms with Crippen LogP contribution in [0.3, 0.4) is 0 Å². The van der Waals surface area contributed by atoms with E-state index in [-0.39, 0.29) is 5.92 Å². The van der Waals surface area contributed by atoms with Crippen molar-refractivity contribution in [3.63, 3.8) is 0 Å². The smallest absolute Gasteiger partial charge is 0.306 e. The predicted octanol–water partition coefficient (Wildman–Crippen LogP) is 3.43. The third-order valence-electron chi connectivity index (χ3n) is 3.64. The Labute approximate surface area is 100 Å². The van der Waals surface area contributed by atoms with Gasteiger partial charge in [-0.3, -0.25) is 4.79 Å². The van der Waals surface area contributed by atoms with Gasteiger partial charge in [0.25, 0.3) is 0 Å². The van der Waals surface area contributed by atoms with E-state index in [2.05, 4.69) is 23.8 Å². The molecule has 1 aliphatic rings. The van der Waals surface area contributed by atoms with E-state index >= 15 is 0 Å². The third kappa shape index (κ3) is 2.64. The second-order valence-corrected chi connectivity index (χ2v) is 5.74. The van der Waals surface area contributed by atoms with E-state index in [1.54, 1.807) is 11.3 Å². The first-order chi connectivity index (χ1) is 7.66. The van der Waals surface area contributed by atoms with E-state index < -0.39 is 5.97 Å². The summed E-state index contributed by atoms with van der Waals surface area (Å²) in [6.07, 6.45) is 3.92. The zero-order chi connectivity index (χ0) is 11.5. The summed E-state index contributed by atoms with van der Waals surface area (Å²) in [5.41, 5.74) is 1.30. The van der Waals surface area contributed by atoms with Gasteiger partial charge in [0.15, 0.2) is 0 Å². The van der Waals surface area contributed by atoms with Crippen molar-refractivity contribution >= 4 is 17.3 Å². The van der Waals surface area contributed by atoms with Crippen LogP contribution in [0.25, 0.3) is 0 Å². The van der Waals surface area contributed by atoms with Crippen molar-refractivity contribution in [2.24, 2.45) is 17.8 Å². The van der Waals surface area contributed by atoms with Crippen molar-refractivity contribution < 1.29 is 9.90 Å². The lowest BCUT2D eigenvalue weighted by Gasteiger charge is -2.32. The number of rotatable bonds is 3. The van der Waals surface area contributed by atoms with Crippen LogP contribution >= 0.6 is 11.3 Å². The van der Waals surface area contributed by atoms with Crippen molar-refractivity contribution in [2.75, 3.05) is 0 Å². The highest BCUT2D eigenvalue weighted by molar-refractivity contribution is 7.07. The highest BCUT2D eigenvalue weighted by Crippen LogP contribution is 2.36. The Balaban J connectivity index is 2.05. The average Bonchev–Trinajstić information content (AvgIpc) is 2.70. The number of carbonyl (C=O) groups is 1. The molecule has 2 rings (SSSR count). The second-order valence-electron chi connectivity index (χ2n) is 4.96. The van der Waals surface area contributed by atoms with Crippen molar-refractivity contribution in [1.29, 1.82) is 0 Å². The molecule has 1 saturated carbocycles. The van der Waals surface area contributed by atoms with Gasteiger partial charge in [-0.05, 0) is 59.9 Å². The minimum atomic E-state index is -0.605. The van der Waals surface area contributed by atoms with Gasteiger partial charge in [0, 0.05) is 0 Å². The first-order valence-corrected chi connectivity index (χ1v) is 6.85. The van der Waals surface area contributed by atoms with Crippen molar-refractivity contribution in [2.45, 2.75) is 32.6 Å². The number of carboxylic acid groups (broad SMARTS) is 1. The third-order valence-corrected chi connectivity index (χ3v) is 4.37. The van der Waals surface area contributed by atoms with Gasteiger partial charge in [0.1, 0.15) is 0 Å². The maximum atomic E-state index is 11.2. The minimum Gasteiger partial charge on any atom is -0.481 e. The topological polar surface area (TPSA) is 37.3 Å². The van der Waals surface area contributed by atoms with E-state index in [0.717, 1.165) is 25.7 Å². The molecule has 2 nitrogen and oxygen atoms in total. The molecule has 1 N–H and O–H groups in total. The number of hydrogen-bond donors (Lipinski definition) is 1. The zero-order valence-corrected chi connectivity index (χ0v) is 10.4. The number of carboxylic acids is 1. The molecule has 0 spiro atoms. The van der Waals surface area contributed by atoms with Crippen LogP contribution < -0.4 is 0 Å². The summed E-state index contributed by atoms with van der Waals surface area (Å²) in [4.78, 5) is 11.2. The maximum Gasteiger partial charge on any atom is 0.306 e. The molecule has 88 valence electrons. The highest BCUT2D eigenvalue weighted by Gasteiger charge is 2.33. The molecule has 1 aromatic rings. The molecule has 1 aromatic heterocycles. The minimum absolute atomic E-state index is 0.129. The summed E-state index contributed by atoms with van der Waals surface area (Å²) in [6.45, 7) is 2.23. The van der Waals surface area contributed by atoms with E-state index in [4.69, 9.17) is 0 Å². The molecule has 1 fully saturated rings. The Morgan fingerprint density at radius 2 is 2.38 bits per heavy atom. The maximum absolute atomic E-state index is 11.2. The predicted molar refractivity (Wildman–Crippen MR) is 65.7 cm³/mol. The largest absolute Gasteiger partial charge is 0.481 e. The van der Waals surface area contributed by atoms with Crippen LogP contribution in [0, 0.1) is 17.8 Å². The molecule has 3 heteroatoms. The quantitative estimate of drug-likeness (QED) is 0.876. The second kappa shape index (κ2) is 5.00. The van der Waals surface area contributed by atoms with Gasteiger partial charge >= 0.3 is 5.97 Å². The Morgan fingerprint density at radius 1 is 1.56 bits per heavy atom. The van der Waals surface area contributed by atoms with Crippen molar-refractivity contribution in [1.82, 2.24) is 0 Å². The van der Waals surface area contributed by atoms with Crippen LogP contribution in [0.2, 0.25) is 0 Å². The first kappa shape index (κ1) is 11.6. The summed E-state index contributed by atoms with van der Waals surface area (Å²) in [5.74, 6) is 0.276. The van der Waals surface area contributed by atoms with Crippen LogP contribution in [0.4, 0.5) is 0 Å². The summed E-state index contributed by atoms with van der Waals surface area (Å²) < 4.78 is 0. The molecule has 0 bridgehead atoms. The molecule has 0 saturated heterocycles. The van der Waals surface area contributed by atoms with Crippen LogP contribution in [-0.2, 0) is 11.2 Å². The number of aliphatic carboxylic acids is 1. The molecule has 0 aromatic carbocycles. The van der Waals surface area contributed by atoms with Gasteiger partial charge in [-0.15, -0.1) is 0 Å². The first-order valence-electron chi connectivity index (χ1n) is 5.90. The SMILES string of the molecule is CC1CCC(C(=O)O)C(Cc2ccsc2)C1. The van der Waals surface area contributed by atoms with E-state index in [1.807, 2.05) is 0 Å². The standard InChI is InChI=1S/C13H18O2S/c1-9-2-3-12(13(14)15)11(6-9)7-10-4-5-16-8-10/h4-5,8-9,11-12H,2-3,6-7H2,1H3,(H,14,15). The Bertz CT molecular complexity index is 345. The lowest BCUT2D eigenvalue weighted by molar-refractivity contribution is -0.145. The molecule has 0 aliphatic heterocycles. The number of hydrogen-bond acceptors (Lipinski definition) is 2. The molecule has 1 heterocycles. The van der Waals surface area contributed by atoms with E-state index in [1.165, 1.54) is 5.56 Å². The average molecular weight is 238 g/mol. The van der Waals surface area contributed by atoms with Gasteiger partial charge in [-0.25, -0.2) is 0 Å². The fourth-order valence-electron chi connectivity index (χ4n) is 2.76. The summed E-state index contributed by atoms with van der Waals surface area (Å²) >= 11 is 1.69. The fourth-order valence-corrected chi connectivity index (χ4v) is 3.44. The molecule has 1 aliphatic carbocycles. The molecule has 3 unspecified atom stereocenters. The molecule has 0 radical (unpaired) electrons. The van der Waals surface area contributed by atoms with Crippen molar-refractivity contribution in [3.8, 4) is 0 Å². The lowest BCUT2D eigenvalue weighted by atomic mass is 9.72. The van der Waals surface area contributed by atoms with Gasteiger partial charge in [0.2, 0.25) is 0 Å². The van der Waals surface area contributed by atoms with Crippen LogP contribution in [0.1, 0.15) is 31.7 Å². The Kier molecular flexibility index (Phi) is 3.64. The summed E-state index contributed by atoms with van der Waals surface area (Å²) in [5, 5.41) is 13.4. The van der Waals surface area contributed by atoms with Gasteiger partial charge in [0.05, 0.1) is 5.92 Å². The highest BCUT2D eigenvalue weighted by atomic mass is 32.1. The fraction of sp³-hybridized carbons (Fsp3) is 0.615. The van der Waals surface area contributed by atoms with Crippen LogP contribution in [0.5, 0.6) is 0 Å². The molecule has 16 heavy (non-hydrogen) atoms. The Morgan fingerprint density at radius 3 is 3.00 bits per heavy atom.